The van der Waals surface area contributed by atoms with Crippen molar-refractivity contribution >= 4 is 11.9 Å². The number of carbonyl (C=O) groups is 2. The number of morpholine rings is 1. The second-order valence-electron chi connectivity index (χ2n) is 4.31. The Kier molecular flexibility index (Phi) is 6.75. The summed E-state index contributed by atoms with van der Waals surface area (Å²) in [4.78, 5) is 25.4. The minimum Gasteiger partial charge on any atom is -0.468 e. The molecule has 1 heterocycles. The van der Waals surface area contributed by atoms with Gasteiger partial charge < -0.3 is 19.5 Å². The van der Waals surface area contributed by atoms with Gasteiger partial charge in [-0.25, -0.2) is 0 Å². The van der Waals surface area contributed by atoms with Crippen LogP contribution in [0.1, 0.15) is 6.92 Å². The van der Waals surface area contributed by atoms with Crippen molar-refractivity contribution in [3.05, 3.63) is 0 Å². The average molecular weight is 274 g/mol. The Hall–Kier alpha value is -1.18. The van der Waals surface area contributed by atoms with Gasteiger partial charge >= 0.3 is 5.97 Å². The molecule has 2 unspecified atom stereocenters. The Morgan fingerprint density at radius 2 is 2.21 bits per heavy atom. The maximum atomic E-state index is 12.0. The molecule has 0 aromatic heterocycles. The van der Waals surface area contributed by atoms with E-state index in [-0.39, 0.29) is 18.5 Å². The number of methoxy groups -OCH3 is 2. The molecular formula is C12H22N2O5. The topological polar surface area (TPSA) is 77.1 Å². The molecule has 0 aromatic carbocycles. The Balaban J connectivity index is 2.58. The minimum absolute atomic E-state index is 0.132. The molecule has 0 radical (unpaired) electrons. The number of ether oxygens (including phenoxy) is 3. The third-order valence-electron chi connectivity index (χ3n) is 3.13. The van der Waals surface area contributed by atoms with E-state index in [1.807, 2.05) is 0 Å². The smallest absolute Gasteiger partial charge is 0.325 e. The van der Waals surface area contributed by atoms with Crippen LogP contribution < -0.4 is 5.32 Å². The van der Waals surface area contributed by atoms with E-state index in [1.165, 1.54) is 7.11 Å². The van der Waals surface area contributed by atoms with Crippen molar-refractivity contribution < 1.29 is 23.8 Å². The normalized spacial score (nSPS) is 21.7. The lowest BCUT2D eigenvalue weighted by Crippen LogP contribution is -2.58. The molecule has 1 saturated heterocycles. The van der Waals surface area contributed by atoms with Gasteiger partial charge in [0.1, 0.15) is 6.04 Å². The first-order valence-corrected chi connectivity index (χ1v) is 6.29. The summed E-state index contributed by atoms with van der Waals surface area (Å²) in [7, 11) is 2.91. The van der Waals surface area contributed by atoms with E-state index < -0.39 is 12.1 Å². The Morgan fingerprint density at radius 1 is 1.47 bits per heavy atom. The van der Waals surface area contributed by atoms with Gasteiger partial charge in [-0.3, -0.25) is 14.5 Å². The monoisotopic (exact) mass is 274 g/mol. The van der Waals surface area contributed by atoms with E-state index >= 15 is 0 Å². The lowest BCUT2D eigenvalue weighted by molar-refractivity contribution is -0.156. The minimum atomic E-state index is -0.526. The van der Waals surface area contributed by atoms with Gasteiger partial charge in [-0.2, -0.15) is 0 Å². The molecular weight excluding hydrogens is 252 g/mol. The number of hydrogen-bond acceptors (Lipinski definition) is 6. The molecule has 0 aromatic rings. The van der Waals surface area contributed by atoms with Crippen LogP contribution in [0.4, 0.5) is 0 Å². The zero-order chi connectivity index (χ0) is 14.3. The zero-order valence-corrected chi connectivity index (χ0v) is 11.7. The molecule has 1 rings (SSSR count). The zero-order valence-electron chi connectivity index (χ0n) is 11.7. The Bertz CT molecular complexity index is 310. The summed E-state index contributed by atoms with van der Waals surface area (Å²) in [6, 6.07) is -0.938. The van der Waals surface area contributed by atoms with Gasteiger partial charge in [0.25, 0.3) is 0 Å². The van der Waals surface area contributed by atoms with Gasteiger partial charge in [0.15, 0.2) is 0 Å². The molecule has 1 aliphatic rings. The van der Waals surface area contributed by atoms with Crippen LogP contribution >= 0.6 is 0 Å². The first-order valence-electron chi connectivity index (χ1n) is 6.29. The van der Waals surface area contributed by atoms with E-state index in [2.05, 4.69) is 5.32 Å². The standard InChI is InChI=1S/C12H22N2O5/c1-9(11(15)13-4-6-17-2)14-5-7-19-8-10(14)12(16)18-3/h9-10H,4-8H2,1-3H3,(H,13,15). The molecule has 0 saturated carbocycles. The lowest BCUT2D eigenvalue weighted by Gasteiger charge is -2.37. The van der Waals surface area contributed by atoms with Gasteiger partial charge in [0, 0.05) is 20.2 Å². The van der Waals surface area contributed by atoms with Crippen molar-refractivity contribution in [2.24, 2.45) is 0 Å². The molecule has 2 atom stereocenters. The number of esters is 1. The predicted molar refractivity (Wildman–Crippen MR) is 67.7 cm³/mol. The second-order valence-corrected chi connectivity index (χ2v) is 4.31. The van der Waals surface area contributed by atoms with Crippen LogP contribution in [0.5, 0.6) is 0 Å². The summed E-state index contributed by atoms with van der Waals surface area (Å²) < 4.78 is 14.9. The lowest BCUT2D eigenvalue weighted by atomic mass is 10.1. The van der Waals surface area contributed by atoms with Crippen LogP contribution in [0.25, 0.3) is 0 Å². The first kappa shape index (κ1) is 15.9. The summed E-state index contributed by atoms with van der Waals surface area (Å²) in [6.45, 7) is 3.96. The van der Waals surface area contributed by atoms with Gasteiger partial charge in [0.2, 0.25) is 5.91 Å². The Labute approximate surface area is 113 Å². The van der Waals surface area contributed by atoms with E-state index in [0.717, 1.165) is 0 Å². The molecule has 1 N–H and O–H groups in total. The van der Waals surface area contributed by atoms with E-state index in [1.54, 1.807) is 18.9 Å². The molecule has 110 valence electrons. The van der Waals surface area contributed by atoms with Crippen LogP contribution in [-0.2, 0) is 23.8 Å². The van der Waals surface area contributed by atoms with Crippen LogP contribution in [0.15, 0.2) is 0 Å². The Morgan fingerprint density at radius 3 is 2.84 bits per heavy atom. The highest BCUT2D eigenvalue weighted by Gasteiger charge is 2.35. The third kappa shape index (κ3) is 4.45. The van der Waals surface area contributed by atoms with Gasteiger partial charge in [0.05, 0.1) is 33.0 Å². The van der Waals surface area contributed by atoms with Crippen LogP contribution in [0, 0.1) is 0 Å². The summed E-state index contributed by atoms with van der Waals surface area (Å²) in [5, 5.41) is 2.76. The summed E-state index contributed by atoms with van der Waals surface area (Å²) >= 11 is 0. The molecule has 7 heteroatoms. The highest BCUT2D eigenvalue weighted by atomic mass is 16.5. The molecule has 1 amide bonds. The van der Waals surface area contributed by atoms with Crippen molar-refractivity contribution in [2.45, 2.75) is 19.0 Å². The molecule has 0 bridgehead atoms. The number of rotatable bonds is 6. The van der Waals surface area contributed by atoms with Crippen molar-refractivity contribution in [1.82, 2.24) is 10.2 Å². The first-order chi connectivity index (χ1) is 9.11. The molecule has 0 aliphatic carbocycles. The van der Waals surface area contributed by atoms with Crippen molar-refractivity contribution in [1.29, 1.82) is 0 Å². The largest absolute Gasteiger partial charge is 0.468 e. The average Bonchev–Trinajstić information content (AvgIpc) is 2.45. The fourth-order valence-corrected chi connectivity index (χ4v) is 1.99. The van der Waals surface area contributed by atoms with Crippen molar-refractivity contribution in [2.75, 3.05) is 47.1 Å². The van der Waals surface area contributed by atoms with Gasteiger partial charge in [-0.1, -0.05) is 0 Å². The highest BCUT2D eigenvalue weighted by molar-refractivity contribution is 5.83. The van der Waals surface area contributed by atoms with E-state index in [9.17, 15) is 9.59 Å². The van der Waals surface area contributed by atoms with Gasteiger partial charge in [-0.15, -0.1) is 0 Å². The van der Waals surface area contributed by atoms with Gasteiger partial charge in [-0.05, 0) is 6.92 Å². The SMILES string of the molecule is COCCNC(=O)C(C)N1CCOCC1C(=O)OC. The molecule has 1 aliphatic heterocycles. The highest BCUT2D eigenvalue weighted by Crippen LogP contribution is 2.12. The maximum Gasteiger partial charge on any atom is 0.325 e. The quantitative estimate of drug-likeness (QED) is 0.495. The number of amides is 1. The molecule has 1 fully saturated rings. The number of carbonyl (C=O) groups excluding carboxylic acids is 2. The van der Waals surface area contributed by atoms with Crippen molar-refractivity contribution in [3.8, 4) is 0 Å². The van der Waals surface area contributed by atoms with Crippen LogP contribution in [0.3, 0.4) is 0 Å². The summed E-state index contributed by atoms with van der Waals surface area (Å²) in [6.07, 6.45) is 0. The molecule has 7 nitrogen and oxygen atoms in total. The van der Waals surface area contributed by atoms with E-state index in [4.69, 9.17) is 14.2 Å². The molecule has 19 heavy (non-hydrogen) atoms. The fraction of sp³-hybridized carbons (Fsp3) is 0.833. The second kappa shape index (κ2) is 8.08. The summed E-state index contributed by atoms with van der Waals surface area (Å²) in [5.41, 5.74) is 0. The predicted octanol–water partition coefficient (Wildman–Crippen LogP) is -0.989. The van der Waals surface area contributed by atoms with E-state index in [0.29, 0.717) is 26.3 Å². The summed E-state index contributed by atoms with van der Waals surface area (Å²) in [5.74, 6) is -0.510. The fourth-order valence-electron chi connectivity index (χ4n) is 1.99. The molecule has 0 spiro atoms. The number of nitrogens with one attached hydrogen (secondary N) is 1. The number of nitrogens with zero attached hydrogens (tertiary/aromatic N) is 1. The van der Waals surface area contributed by atoms with Crippen LogP contribution in [0.2, 0.25) is 0 Å². The third-order valence-corrected chi connectivity index (χ3v) is 3.13. The van der Waals surface area contributed by atoms with Crippen LogP contribution in [-0.4, -0.2) is 76.0 Å². The maximum absolute atomic E-state index is 12.0. The van der Waals surface area contributed by atoms with Crippen molar-refractivity contribution in [3.63, 3.8) is 0 Å². The number of hydrogen-bond donors (Lipinski definition) is 1.